The predicted molar refractivity (Wildman–Crippen MR) is 111 cm³/mol. The van der Waals surface area contributed by atoms with Gasteiger partial charge in [0.15, 0.2) is 5.82 Å². The van der Waals surface area contributed by atoms with E-state index in [1.807, 2.05) is 81.4 Å². The second-order valence-corrected chi connectivity index (χ2v) is 7.57. The monoisotopic (exact) mass is 374 g/mol. The van der Waals surface area contributed by atoms with E-state index in [9.17, 15) is 4.79 Å². The third-order valence-corrected chi connectivity index (χ3v) is 4.22. The highest BCUT2D eigenvalue weighted by molar-refractivity contribution is 6.00. The average molecular weight is 374 g/mol. The van der Waals surface area contributed by atoms with E-state index in [-0.39, 0.29) is 0 Å². The first-order chi connectivity index (χ1) is 13.4. The Morgan fingerprint density at radius 1 is 1.07 bits per heavy atom. The number of hydrogen-bond acceptors (Lipinski definition) is 4. The van der Waals surface area contributed by atoms with Gasteiger partial charge in [0.25, 0.3) is 0 Å². The number of nitrogens with one attached hydrogen (secondary N) is 2. The van der Waals surface area contributed by atoms with Gasteiger partial charge in [-0.05, 0) is 39.0 Å². The van der Waals surface area contributed by atoms with E-state index in [4.69, 9.17) is 4.74 Å². The molecule has 2 aromatic heterocycles. The van der Waals surface area contributed by atoms with Crippen molar-refractivity contribution < 1.29 is 9.53 Å². The second-order valence-electron chi connectivity index (χ2n) is 7.57. The van der Waals surface area contributed by atoms with Crippen LogP contribution in [0, 0.1) is 0 Å². The number of aromatic nitrogens is 3. The molecule has 2 aromatic carbocycles. The summed E-state index contributed by atoms with van der Waals surface area (Å²) < 4.78 is 7.09. The lowest BCUT2D eigenvalue weighted by Gasteiger charge is -2.19. The highest BCUT2D eigenvalue weighted by Gasteiger charge is 2.21. The van der Waals surface area contributed by atoms with Gasteiger partial charge in [0.1, 0.15) is 5.60 Å². The smallest absolute Gasteiger partial charge is 0.419 e. The molecule has 0 atom stereocenters. The Kier molecular flexibility index (Phi) is 4.39. The van der Waals surface area contributed by atoms with E-state index in [0.29, 0.717) is 5.82 Å². The molecule has 0 spiro atoms. The highest BCUT2D eigenvalue weighted by atomic mass is 16.6. The van der Waals surface area contributed by atoms with Crippen LogP contribution in [0.25, 0.3) is 22.2 Å². The number of ether oxygens (including phenoxy) is 1. The number of nitrogens with zero attached hydrogens (tertiary/aromatic N) is 2. The number of H-pyrrole nitrogens is 1. The Labute approximate surface area is 163 Å². The van der Waals surface area contributed by atoms with E-state index in [1.165, 1.54) is 0 Å². The summed E-state index contributed by atoms with van der Waals surface area (Å²) in [6.07, 6.45) is 1.38. The number of carbonyl (C=O) groups is 1. The highest BCUT2D eigenvalue weighted by Crippen LogP contribution is 2.31. The Balaban J connectivity index is 1.71. The molecule has 4 rings (SSSR count). The Morgan fingerprint density at radius 3 is 2.54 bits per heavy atom. The summed E-state index contributed by atoms with van der Waals surface area (Å²) in [4.78, 5) is 12.7. The molecule has 0 amide bonds. The quantitative estimate of drug-likeness (QED) is 0.492. The standard InChI is InChI=1S/C22H22N4O2/c1-22(2,3)28-21(27)26-14-17(16-11-7-8-12-19(16)26)18-13-20(25-24-18)23-15-9-5-4-6-10-15/h4-14H,1-3H3,(H2,23,24,25). The number of fused-ring (bicyclic) bond motifs is 1. The molecule has 0 aliphatic heterocycles. The van der Waals surface area contributed by atoms with Gasteiger partial charge in [-0.25, -0.2) is 4.79 Å². The van der Waals surface area contributed by atoms with Gasteiger partial charge in [0.05, 0.1) is 11.2 Å². The van der Waals surface area contributed by atoms with Gasteiger partial charge in [-0.3, -0.25) is 9.67 Å². The number of hydrogen-bond donors (Lipinski definition) is 2. The molecular formula is C22H22N4O2. The van der Waals surface area contributed by atoms with Crippen LogP contribution in [-0.4, -0.2) is 26.5 Å². The number of benzene rings is 2. The molecule has 0 aliphatic rings. The lowest BCUT2D eigenvalue weighted by atomic mass is 10.1. The topological polar surface area (TPSA) is 71.9 Å². The zero-order chi connectivity index (χ0) is 19.7. The largest absolute Gasteiger partial charge is 0.443 e. The van der Waals surface area contributed by atoms with E-state index < -0.39 is 11.7 Å². The van der Waals surface area contributed by atoms with E-state index in [2.05, 4.69) is 15.5 Å². The molecule has 2 heterocycles. The maximum Gasteiger partial charge on any atom is 0.419 e. The first kappa shape index (κ1) is 17.9. The third kappa shape index (κ3) is 3.62. The molecule has 0 fully saturated rings. The number of rotatable bonds is 3. The molecule has 0 bridgehead atoms. The van der Waals surface area contributed by atoms with Crippen LogP contribution in [0.3, 0.4) is 0 Å². The minimum absolute atomic E-state index is 0.405. The minimum Gasteiger partial charge on any atom is -0.443 e. The minimum atomic E-state index is -0.566. The van der Waals surface area contributed by atoms with Crippen LogP contribution in [0.4, 0.5) is 16.3 Å². The molecule has 0 radical (unpaired) electrons. The fourth-order valence-corrected chi connectivity index (χ4v) is 3.05. The number of carbonyl (C=O) groups excluding carboxylic acids is 1. The molecule has 4 aromatic rings. The lowest BCUT2D eigenvalue weighted by molar-refractivity contribution is 0.0544. The summed E-state index contributed by atoms with van der Waals surface area (Å²) >= 11 is 0. The van der Waals surface area contributed by atoms with Gasteiger partial charge in [0, 0.05) is 28.9 Å². The van der Waals surface area contributed by atoms with Crippen molar-refractivity contribution in [2.24, 2.45) is 0 Å². The normalized spacial score (nSPS) is 11.5. The SMILES string of the molecule is CC(C)(C)OC(=O)n1cc(-c2cc(Nc3ccccc3)n[nH]2)c2ccccc21. The molecular weight excluding hydrogens is 352 g/mol. The molecule has 6 heteroatoms. The van der Waals surface area contributed by atoms with Crippen molar-refractivity contribution in [2.75, 3.05) is 5.32 Å². The van der Waals surface area contributed by atoms with Gasteiger partial charge in [-0.2, -0.15) is 5.10 Å². The summed E-state index contributed by atoms with van der Waals surface area (Å²) in [7, 11) is 0. The molecule has 2 N–H and O–H groups in total. The van der Waals surface area contributed by atoms with Crippen LogP contribution in [0.5, 0.6) is 0 Å². The summed E-state index contributed by atoms with van der Waals surface area (Å²) in [5.74, 6) is 0.704. The Bertz CT molecular complexity index is 1120. The molecule has 0 aliphatic carbocycles. The number of anilines is 2. The third-order valence-electron chi connectivity index (χ3n) is 4.22. The van der Waals surface area contributed by atoms with Crippen molar-refractivity contribution in [3.63, 3.8) is 0 Å². The molecule has 28 heavy (non-hydrogen) atoms. The average Bonchev–Trinajstić information content (AvgIpc) is 3.25. The van der Waals surface area contributed by atoms with E-state index >= 15 is 0 Å². The summed E-state index contributed by atoms with van der Waals surface area (Å²) in [6, 6.07) is 19.5. The number of para-hydroxylation sites is 2. The van der Waals surface area contributed by atoms with Crippen LogP contribution < -0.4 is 5.32 Å². The first-order valence-electron chi connectivity index (χ1n) is 9.12. The van der Waals surface area contributed by atoms with Gasteiger partial charge in [0.2, 0.25) is 0 Å². The van der Waals surface area contributed by atoms with Crippen molar-refractivity contribution in [1.29, 1.82) is 0 Å². The second kappa shape index (κ2) is 6.88. The molecule has 0 unspecified atom stereocenters. The van der Waals surface area contributed by atoms with Gasteiger partial charge >= 0.3 is 6.09 Å². The van der Waals surface area contributed by atoms with Crippen molar-refractivity contribution in [3.05, 3.63) is 66.9 Å². The maximum absolute atomic E-state index is 12.7. The van der Waals surface area contributed by atoms with Gasteiger partial charge in [-0.15, -0.1) is 0 Å². The van der Waals surface area contributed by atoms with Gasteiger partial charge in [-0.1, -0.05) is 36.4 Å². The summed E-state index contributed by atoms with van der Waals surface area (Å²) in [5, 5.41) is 11.6. The lowest BCUT2D eigenvalue weighted by Crippen LogP contribution is -2.26. The summed E-state index contributed by atoms with van der Waals surface area (Å²) in [5.41, 5.74) is 2.88. The number of aromatic amines is 1. The van der Waals surface area contributed by atoms with Crippen molar-refractivity contribution in [1.82, 2.24) is 14.8 Å². The maximum atomic E-state index is 12.7. The van der Waals surface area contributed by atoms with Crippen LogP contribution in [-0.2, 0) is 4.74 Å². The zero-order valence-electron chi connectivity index (χ0n) is 16.1. The van der Waals surface area contributed by atoms with Crippen LogP contribution >= 0.6 is 0 Å². The molecule has 0 saturated heterocycles. The van der Waals surface area contributed by atoms with Gasteiger partial charge < -0.3 is 10.1 Å². The van der Waals surface area contributed by atoms with Crippen molar-refractivity contribution >= 4 is 28.5 Å². The molecule has 0 saturated carbocycles. The first-order valence-corrected chi connectivity index (χ1v) is 9.12. The van der Waals surface area contributed by atoms with Crippen LogP contribution in [0.2, 0.25) is 0 Å². The molecule has 142 valence electrons. The fourth-order valence-electron chi connectivity index (χ4n) is 3.05. The Hall–Kier alpha value is -3.54. The van der Waals surface area contributed by atoms with E-state index in [0.717, 1.165) is 27.8 Å². The fraction of sp³-hybridized carbons (Fsp3) is 0.182. The van der Waals surface area contributed by atoms with Crippen LogP contribution in [0.1, 0.15) is 20.8 Å². The summed E-state index contributed by atoms with van der Waals surface area (Å²) in [6.45, 7) is 5.57. The zero-order valence-corrected chi connectivity index (χ0v) is 16.1. The van der Waals surface area contributed by atoms with E-state index in [1.54, 1.807) is 10.8 Å². The Morgan fingerprint density at radius 2 is 1.79 bits per heavy atom. The van der Waals surface area contributed by atoms with Crippen LogP contribution in [0.15, 0.2) is 66.9 Å². The predicted octanol–water partition coefficient (Wildman–Crippen LogP) is 5.56. The molecule has 6 nitrogen and oxygen atoms in total. The van der Waals surface area contributed by atoms with Crippen molar-refractivity contribution in [3.8, 4) is 11.3 Å². The van der Waals surface area contributed by atoms with Crippen molar-refractivity contribution in [2.45, 2.75) is 26.4 Å².